The third-order valence-corrected chi connectivity index (χ3v) is 17.6. The van der Waals surface area contributed by atoms with Gasteiger partial charge in [-0.1, -0.05) is 39.8 Å². The van der Waals surface area contributed by atoms with Crippen molar-refractivity contribution in [3.63, 3.8) is 0 Å². The van der Waals surface area contributed by atoms with Gasteiger partial charge < -0.3 is 54.3 Å². The van der Waals surface area contributed by atoms with Gasteiger partial charge in [0.25, 0.3) is 0 Å². The van der Waals surface area contributed by atoms with Crippen molar-refractivity contribution < 1.29 is 59.1 Å². The summed E-state index contributed by atoms with van der Waals surface area (Å²) in [4.78, 5) is 13.6. The monoisotopic (exact) mass is 764 g/mol. The van der Waals surface area contributed by atoms with Crippen molar-refractivity contribution in [2.45, 2.75) is 167 Å². The Morgan fingerprint density at radius 3 is 2.19 bits per heavy atom. The number of aliphatic hydroxyl groups is 6. The van der Waals surface area contributed by atoms with Crippen LogP contribution in [0.3, 0.4) is 0 Å². The Kier molecular flexibility index (Phi) is 10.8. The van der Waals surface area contributed by atoms with Crippen LogP contribution in [0.5, 0.6) is 0 Å². The molecule has 2 aliphatic heterocycles. The second-order valence-electron chi connectivity index (χ2n) is 19.7. The van der Waals surface area contributed by atoms with Crippen molar-refractivity contribution in [3.05, 3.63) is 12.2 Å². The molecular weight excluding hydrogens is 696 g/mol. The molecule has 0 spiro atoms. The zero-order chi connectivity index (χ0) is 39.3. The van der Waals surface area contributed by atoms with Crippen molar-refractivity contribution in [2.75, 3.05) is 20.3 Å². The lowest BCUT2D eigenvalue weighted by molar-refractivity contribution is -0.366. The number of carbonyl (C=O) groups is 1. The number of esters is 1. The maximum Gasteiger partial charge on any atom is 0.312 e. The normalized spacial score (nSPS) is 55.8. The number of rotatable bonds is 7. The van der Waals surface area contributed by atoms with Gasteiger partial charge in [0.1, 0.15) is 36.6 Å². The molecule has 0 aromatic carbocycles. The Hall–Kier alpha value is -1.19. The van der Waals surface area contributed by atoms with E-state index in [1.165, 1.54) is 12.5 Å². The minimum absolute atomic E-state index is 0.0252. The summed E-state index contributed by atoms with van der Waals surface area (Å²) in [5.74, 6) is 1.42. The fourth-order valence-corrected chi connectivity index (χ4v) is 14.4. The zero-order valence-corrected chi connectivity index (χ0v) is 33.5. The first kappa shape index (κ1) is 41.0. The van der Waals surface area contributed by atoms with Gasteiger partial charge in [-0.2, -0.15) is 0 Å². The average molecular weight is 765 g/mol. The molecule has 0 aromatic rings. The molecule has 2 saturated heterocycles. The molecule has 308 valence electrons. The largest absolute Gasteiger partial charge is 0.469 e. The van der Waals surface area contributed by atoms with Crippen LogP contribution in [-0.4, -0.2) is 118 Å². The Morgan fingerprint density at radius 2 is 1.52 bits per heavy atom. The number of fused-ring (bicyclic) bond motifs is 7. The van der Waals surface area contributed by atoms with Crippen molar-refractivity contribution in [1.29, 1.82) is 0 Å². The van der Waals surface area contributed by atoms with Crippen LogP contribution < -0.4 is 0 Å². The van der Waals surface area contributed by atoms with Crippen LogP contribution >= 0.6 is 0 Å². The fraction of sp³-hybridized carbons (Fsp3) is 0.929. The van der Waals surface area contributed by atoms with E-state index in [4.69, 9.17) is 23.7 Å². The van der Waals surface area contributed by atoms with Crippen molar-refractivity contribution in [3.8, 4) is 0 Å². The lowest BCUT2D eigenvalue weighted by Crippen LogP contribution is -2.68. The first-order valence-electron chi connectivity index (χ1n) is 20.7. The summed E-state index contributed by atoms with van der Waals surface area (Å²) in [5.41, 5.74) is 0.0319. The summed E-state index contributed by atoms with van der Waals surface area (Å²) in [6.07, 6.45) is -3.19. The van der Waals surface area contributed by atoms with Gasteiger partial charge in [-0.3, -0.25) is 4.79 Å². The number of allylic oxidation sites excluding steroid dienone is 1. The lowest BCUT2D eigenvalue weighted by Gasteiger charge is -2.73. The number of hydrogen-bond acceptors (Lipinski definition) is 12. The van der Waals surface area contributed by atoms with Crippen LogP contribution in [0.1, 0.15) is 106 Å². The van der Waals surface area contributed by atoms with E-state index in [2.05, 4.69) is 41.2 Å². The predicted octanol–water partition coefficient (Wildman–Crippen LogP) is 3.47. The molecule has 5 aliphatic carbocycles. The molecule has 6 N–H and O–H groups in total. The topological polar surface area (TPSA) is 185 Å². The van der Waals surface area contributed by atoms with Crippen LogP contribution in [0.4, 0.5) is 0 Å². The van der Waals surface area contributed by atoms with Crippen LogP contribution in [-0.2, 0) is 28.5 Å². The van der Waals surface area contributed by atoms with E-state index >= 15 is 0 Å². The molecule has 54 heavy (non-hydrogen) atoms. The fourth-order valence-electron chi connectivity index (χ4n) is 14.4. The third-order valence-electron chi connectivity index (χ3n) is 17.6. The number of ether oxygens (including phenoxy) is 5. The van der Waals surface area contributed by atoms with Gasteiger partial charge in [0.05, 0.1) is 37.9 Å². The second-order valence-corrected chi connectivity index (χ2v) is 19.7. The summed E-state index contributed by atoms with van der Waals surface area (Å²) in [7, 11) is 1.54. The van der Waals surface area contributed by atoms with Crippen molar-refractivity contribution in [1.82, 2.24) is 0 Å². The van der Waals surface area contributed by atoms with E-state index in [9.17, 15) is 35.4 Å². The summed E-state index contributed by atoms with van der Waals surface area (Å²) >= 11 is 0. The van der Waals surface area contributed by atoms with Crippen LogP contribution in [0, 0.1) is 56.7 Å². The summed E-state index contributed by atoms with van der Waals surface area (Å²) in [6, 6.07) is 0. The van der Waals surface area contributed by atoms with Crippen LogP contribution in [0.15, 0.2) is 12.2 Å². The molecule has 0 aromatic heterocycles. The Balaban J connectivity index is 1.14. The molecule has 5 saturated carbocycles. The van der Waals surface area contributed by atoms with Gasteiger partial charge in [-0.05, 0) is 124 Å². The molecular formula is C42H68O12. The maximum absolute atomic E-state index is 13.6. The van der Waals surface area contributed by atoms with Gasteiger partial charge in [-0.25, -0.2) is 0 Å². The van der Waals surface area contributed by atoms with Crippen LogP contribution in [0.2, 0.25) is 0 Å². The minimum atomic E-state index is -1.61. The second kappa shape index (κ2) is 14.3. The average Bonchev–Trinajstić information content (AvgIpc) is 3.55. The molecule has 0 bridgehead atoms. The Bertz CT molecular complexity index is 1430. The van der Waals surface area contributed by atoms with E-state index in [0.29, 0.717) is 24.2 Å². The molecule has 2 heterocycles. The minimum Gasteiger partial charge on any atom is -0.469 e. The molecule has 7 rings (SSSR count). The maximum atomic E-state index is 13.6. The molecule has 0 radical (unpaired) electrons. The van der Waals surface area contributed by atoms with Gasteiger partial charge in [0, 0.05) is 5.41 Å². The van der Waals surface area contributed by atoms with Gasteiger partial charge in [0.2, 0.25) is 0 Å². The van der Waals surface area contributed by atoms with E-state index in [0.717, 1.165) is 57.8 Å². The first-order chi connectivity index (χ1) is 25.3. The van der Waals surface area contributed by atoms with Crippen molar-refractivity contribution in [2.24, 2.45) is 56.7 Å². The Morgan fingerprint density at radius 1 is 0.796 bits per heavy atom. The third kappa shape index (κ3) is 5.77. The SMILES string of the molecule is C=C(C)[C@@H]1CC[C@]2(C(=O)OC)CC[C@]3(C)[C@H](CC[C@@H]4[C@@]5(C)CC[C@H](O[C@@H]6OC[C@H](O)[C@H](O)[C@H]6O[C@@H]6O[C@@H](C)[C@H](O)[C@@H](O)[C@H]6O)[C@@](C)(CO)[C@@H]5CC[C@]43C)[C@@H]12. The molecule has 12 heteroatoms. The van der Waals surface area contributed by atoms with E-state index in [-0.39, 0.29) is 47.3 Å². The molecule has 20 atom stereocenters. The standard InChI is InChI=1S/C42H68O12/c1-21(2)23-11-16-42(37(49)50-8)18-17-40(6)24(29(23)42)9-10-27-38(4)14-13-28(39(5,20-43)26(38)12-15-41(27,40)7)53-36-34(31(46)25(44)19-51-36)54-35-33(48)32(47)30(45)22(3)52-35/h22-36,43-48H,1,9-20H2,2-8H3/t22-,23-,24+,25-,26+,27+,28-,29+,30-,31-,32+,33+,34+,35-,36-,38-,39-,40+,41+,42-/m0/s1. The highest BCUT2D eigenvalue weighted by atomic mass is 16.8. The zero-order valence-electron chi connectivity index (χ0n) is 33.5. The molecule has 12 nitrogen and oxygen atoms in total. The number of carbonyl (C=O) groups excluding carboxylic acids is 1. The number of aliphatic hydroxyl groups excluding tert-OH is 6. The molecule has 0 unspecified atom stereocenters. The van der Waals surface area contributed by atoms with E-state index in [1.54, 1.807) is 7.11 Å². The quantitative estimate of drug-likeness (QED) is 0.126. The predicted molar refractivity (Wildman–Crippen MR) is 196 cm³/mol. The highest BCUT2D eigenvalue weighted by Gasteiger charge is 2.72. The van der Waals surface area contributed by atoms with Gasteiger partial charge in [-0.15, -0.1) is 0 Å². The van der Waals surface area contributed by atoms with E-state index < -0.39 is 72.2 Å². The molecule has 7 fully saturated rings. The molecule has 0 amide bonds. The number of hydrogen-bond donors (Lipinski definition) is 6. The summed E-state index contributed by atoms with van der Waals surface area (Å²) in [5, 5.41) is 64.3. The smallest absolute Gasteiger partial charge is 0.312 e. The highest BCUT2D eigenvalue weighted by molar-refractivity contribution is 5.78. The first-order valence-corrected chi connectivity index (χ1v) is 20.7. The van der Waals surface area contributed by atoms with Crippen LogP contribution in [0.25, 0.3) is 0 Å². The van der Waals surface area contributed by atoms with E-state index in [1.807, 2.05) is 0 Å². The summed E-state index contributed by atoms with van der Waals surface area (Å²) in [6.45, 7) is 17.4. The van der Waals surface area contributed by atoms with Crippen molar-refractivity contribution >= 4 is 5.97 Å². The Labute approximate surface area is 320 Å². The highest BCUT2D eigenvalue weighted by Crippen LogP contribution is 2.77. The summed E-state index contributed by atoms with van der Waals surface area (Å²) < 4.78 is 29.9. The van der Waals surface area contributed by atoms with Gasteiger partial charge >= 0.3 is 5.97 Å². The molecule has 7 aliphatic rings. The van der Waals surface area contributed by atoms with Gasteiger partial charge in [0.15, 0.2) is 12.6 Å². The lowest BCUT2D eigenvalue weighted by atomic mass is 9.32. The number of methoxy groups -OCH3 is 1.